The van der Waals surface area contributed by atoms with Crippen LogP contribution in [0.5, 0.6) is 0 Å². The Hall–Kier alpha value is -2.61. The summed E-state index contributed by atoms with van der Waals surface area (Å²) in [7, 11) is 0. The minimum Gasteiger partial charge on any atom is -0.427 e. The maximum atomic E-state index is 12.9. The largest absolute Gasteiger partial charge is 0.528 e. The second kappa shape index (κ2) is 6.53. The lowest BCUT2D eigenvalue weighted by atomic mass is 10.0. The highest BCUT2D eigenvalue weighted by Crippen LogP contribution is 2.30. The first kappa shape index (κ1) is 17.8. The molecular formula is C19H24N4O4. The van der Waals surface area contributed by atoms with Gasteiger partial charge in [0.2, 0.25) is 0 Å². The molecule has 27 heavy (non-hydrogen) atoms. The van der Waals surface area contributed by atoms with Gasteiger partial charge in [-0.2, -0.15) is 0 Å². The van der Waals surface area contributed by atoms with Gasteiger partial charge in [-0.05, 0) is 44.7 Å². The molecule has 1 amide bonds. The Morgan fingerprint density at radius 3 is 3.00 bits per heavy atom. The maximum Gasteiger partial charge on any atom is 0.528 e. The third-order valence-corrected chi connectivity index (χ3v) is 4.85. The summed E-state index contributed by atoms with van der Waals surface area (Å²) >= 11 is 0. The topological polar surface area (TPSA) is 87.8 Å². The Morgan fingerprint density at radius 1 is 1.41 bits per heavy atom. The van der Waals surface area contributed by atoms with Crippen LogP contribution in [0.15, 0.2) is 18.5 Å². The SMILES string of the molecule is CC(C)(C)OC(=O)ON1CCC(CN2Cc3c[nH]c4nccc(c34)C2=O)C1. The molecule has 2 aromatic heterocycles. The first-order valence-electron chi connectivity index (χ1n) is 9.20. The van der Waals surface area contributed by atoms with Crippen LogP contribution in [0, 0.1) is 5.92 Å². The molecule has 0 aliphatic carbocycles. The molecule has 1 unspecified atom stereocenters. The molecule has 8 nitrogen and oxygen atoms in total. The molecule has 4 heterocycles. The van der Waals surface area contributed by atoms with E-state index in [0.29, 0.717) is 31.7 Å². The van der Waals surface area contributed by atoms with E-state index >= 15 is 0 Å². The van der Waals surface area contributed by atoms with Crippen molar-refractivity contribution in [2.24, 2.45) is 5.92 Å². The molecule has 1 saturated heterocycles. The van der Waals surface area contributed by atoms with Gasteiger partial charge in [-0.1, -0.05) is 0 Å². The molecule has 4 rings (SSSR count). The van der Waals surface area contributed by atoms with Crippen molar-refractivity contribution in [3.8, 4) is 0 Å². The summed E-state index contributed by atoms with van der Waals surface area (Å²) in [5.74, 6) is 0.273. The molecule has 8 heteroatoms. The van der Waals surface area contributed by atoms with Crippen molar-refractivity contribution in [3.05, 3.63) is 29.6 Å². The average Bonchev–Trinajstić information content (AvgIpc) is 3.18. The molecule has 1 N–H and O–H groups in total. The summed E-state index contributed by atoms with van der Waals surface area (Å²) in [6.07, 6.45) is 3.75. The quantitative estimate of drug-likeness (QED) is 0.834. The van der Waals surface area contributed by atoms with Gasteiger partial charge in [-0.15, -0.1) is 5.06 Å². The first-order chi connectivity index (χ1) is 12.8. The van der Waals surface area contributed by atoms with E-state index in [0.717, 1.165) is 23.0 Å². The Bertz CT molecular complexity index is 885. The van der Waals surface area contributed by atoms with Crippen molar-refractivity contribution >= 4 is 23.1 Å². The zero-order chi connectivity index (χ0) is 19.2. The summed E-state index contributed by atoms with van der Waals surface area (Å²) in [5, 5.41) is 2.56. The zero-order valence-corrected chi connectivity index (χ0v) is 15.8. The fourth-order valence-corrected chi connectivity index (χ4v) is 3.74. The molecule has 144 valence electrons. The van der Waals surface area contributed by atoms with Gasteiger partial charge in [-0.25, -0.2) is 9.78 Å². The van der Waals surface area contributed by atoms with Gasteiger partial charge >= 0.3 is 6.16 Å². The number of carbonyl (C=O) groups excluding carboxylic acids is 2. The number of amides is 1. The molecule has 0 bridgehead atoms. The van der Waals surface area contributed by atoms with E-state index < -0.39 is 11.8 Å². The van der Waals surface area contributed by atoms with Crippen LogP contribution >= 0.6 is 0 Å². The van der Waals surface area contributed by atoms with E-state index in [1.807, 2.05) is 11.1 Å². The number of rotatable bonds is 3. The lowest BCUT2D eigenvalue weighted by Crippen LogP contribution is -2.38. The van der Waals surface area contributed by atoms with Crippen LogP contribution in [0.3, 0.4) is 0 Å². The molecule has 2 aromatic rings. The molecule has 2 aliphatic heterocycles. The third kappa shape index (κ3) is 3.62. The summed E-state index contributed by atoms with van der Waals surface area (Å²) < 4.78 is 5.19. The first-order valence-corrected chi connectivity index (χ1v) is 9.20. The predicted octanol–water partition coefficient (Wildman–Crippen LogP) is 2.71. The highest BCUT2D eigenvalue weighted by molar-refractivity contribution is 6.08. The molecule has 2 aliphatic rings. The van der Waals surface area contributed by atoms with Gasteiger partial charge in [0.05, 0.1) is 5.56 Å². The van der Waals surface area contributed by atoms with Gasteiger partial charge in [0, 0.05) is 44.0 Å². The maximum absolute atomic E-state index is 12.9. The van der Waals surface area contributed by atoms with Crippen molar-refractivity contribution in [2.75, 3.05) is 19.6 Å². The number of pyridine rings is 1. The fraction of sp³-hybridized carbons (Fsp3) is 0.526. The predicted molar refractivity (Wildman–Crippen MR) is 97.8 cm³/mol. The van der Waals surface area contributed by atoms with Gasteiger partial charge in [-0.3, -0.25) is 4.79 Å². The Kier molecular flexibility index (Phi) is 4.30. The van der Waals surface area contributed by atoms with Gasteiger partial charge in [0.15, 0.2) is 0 Å². The van der Waals surface area contributed by atoms with Gasteiger partial charge in [0.1, 0.15) is 11.2 Å². The van der Waals surface area contributed by atoms with E-state index in [1.165, 1.54) is 0 Å². The van der Waals surface area contributed by atoms with Crippen LogP contribution in [-0.4, -0.2) is 57.2 Å². The standard InChI is InChI=1S/C19H24N4O4/c1-19(2,3)26-18(25)27-23-7-5-12(10-23)9-22-11-13-8-21-16-15(13)14(17(22)24)4-6-20-16/h4,6,8,12H,5,7,9-11H2,1-3H3,(H,20,21). The number of aromatic amines is 1. The number of hydrogen-bond donors (Lipinski definition) is 1. The molecule has 1 fully saturated rings. The average molecular weight is 372 g/mol. The zero-order valence-electron chi connectivity index (χ0n) is 15.8. The van der Waals surface area contributed by atoms with E-state index in [1.54, 1.807) is 38.1 Å². The van der Waals surface area contributed by atoms with E-state index in [2.05, 4.69) is 9.97 Å². The van der Waals surface area contributed by atoms with Crippen LogP contribution in [0.4, 0.5) is 4.79 Å². The molecule has 0 aromatic carbocycles. The number of carbonyl (C=O) groups is 2. The molecule has 0 saturated carbocycles. The highest BCUT2D eigenvalue weighted by Gasteiger charge is 2.33. The van der Waals surface area contributed by atoms with Crippen LogP contribution in [0.2, 0.25) is 0 Å². The Morgan fingerprint density at radius 2 is 2.22 bits per heavy atom. The molecule has 0 spiro atoms. The van der Waals surface area contributed by atoms with Crippen LogP contribution in [0.25, 0.3) is 11.0 Å². The summed E-state index contributed by atoms with van der Waals surface area (Å²) in [6.45, 7) is 7.83. The molecule has 1 atom stereocenters. The Labute approximate surface area is 157 Å². The second-order valence-corrected chi connectivity index (χ2v) is 8.18. The third-order valence-electron chi connectivity index (χ3n) is 4.85. The summed E-state index contributed by atoms with van der Waals surface area (Å²) in [4.78, 5) is 39.2. The molecule has 0 radical (unpaired) electrons. The monoisotopic (exact) mass is 372 g/mol. The van der Waals surface area contributed by atoms with E-state index in [-0.39, 0.29) is 11.8 Å². The lowest BCUT2D eigenvalue weighted by molar-refractivity contribution is -0.131. The van der Waals surface area contributed by atoms with Crippen molar-refractivity contribution in [2.45, 2.75) is 39.3 Å². The number of nitrogens with one attached hydrogen (secondary N) is 1. The van der Waals surface area contributed by atoms with E-state index in [4.69, 9.17) is 9.57 Å². The van der Waals surface area contributed by atoms with Gasteiger partial charge < -0.3 is 19.5 Å². The number of nitrogens with zero attached hydrogens (tertiary/aromatic N) is 3. The van der Waals surface area contributed by atoms with Crippen LogP contribution in [0.1, 0.15) is 43.1 Å². The number of hydrogen-bond acceptors (Lipinski definition) is 6. The van der Waals surface area contributed by atoms with Crippen LogP contribution in [-0.2, 0) is 16.1 Å². The fourth-order valence-electron chi connectivity index (χ4n) is 3.74. The van der Waals surface area contributed by atoms with Crippen molar-refractivity contribution in [1.29, 1.82) is 0 Å². The minimum absolute atomic E-state index is 0.0287. The van der Waals surface area contributed by atoms with E-state index in [9.17, 15) is 9.59 Å². The highest BCUT2D eigenvalue weighted by atomic mass is 16.8. The van der Waals surface area contributed by atoms with Crippen molar-refractivity contribution in [3.63, 3.8) is 0 Å². The number of H-pyrrole nitrogens is 1. The number of hydroxylamine groups is 2. The number of ether oxygens (including phenoxy) is 1. The normalized spacial score (nSPS) is 20.3. The second-order valence-electron chi connectivity index (χ2n) is 8.18. The Balaban J connectivity index is 1.37. The number of aromatic nitrogens is 2. The van der Waals surface area contributed by atoms with Crippen LogP contribution < -0.4 is 0 Å². The smallest absolute Gasteiger partial charge is 0.427 e. The van der Waals surface area contributed by atoms with Crippen molar-refractivity contribution < 1.29 is 19.2 Å². The summed E-state index contributed by atoms with van der Waals surface area (Å²) in [6, 6.07) is 1.78. The lowest BCUT2D eigenvalue weighted by Gasteiger charge is -2.29. The minimum atomic E-state index is -0.687. The summed E-state index contributed by atoms with van der Waals surface area (Å²) in [5.41, 5.74) is 1.96. The molecular weight excluding hydrogens is 348 g/mol. The van der Waals surface area contributed by atoms with Crippen molar-refractivity contribution in [1.82, 2.24) is 19.9 Å². The van der Waals surface area contributed by atoms with Gasteiger partial charge in [0.25, 0.3) is 5.91 Å².